The third-order valence-corrected chi connectivity index (χ3v) is 5.67. The maximum atomic E-state index is 13.1. The summed E-state index contributed by atoms with van der Waals surface area (Å²) in [5.74, 6) is 0.768. The number of aromatic nitrogens is 1. The van der Waals surface area contributed by atoms with Crippen LogP contribution in [-0.4, -0.2) is 47.0 Å². The molecule has 3 aromatic carbocycles. The van der Waals surface area contributed by atoms with Crippen molar-refractivity contribution in [3.8, 4) is 11.3 Å². The first kappa shape index (κ1) is 18.6. The lowest BCUT2D eigenvalue weighted by Crippen LogP contribution is -2.48. The minimum absolute atomic E-state index is 0.0662. The molecular weight excluding hydrogens is 374 g/mol. The molecule has 0 saturated carbocycles. The Morgan fingerprint density at radius 2 is 1.57 bits per heavy atom. The second-order valence-electron chi connectivity index (χ2n) is 7.66. The van der Waals surface area contributed by atoms with E-state index in [-0.39, 0.29) is 5.91 Å². The molecule has 2 heterocycles. The Bertz CT molecular complexity index is 1150. The third-order valence-electron chi connectivity index (χ3n) is 5.67. The Morgan fingerprint density at radius 1 is 0.867 bits per heavy atom. The number of hydrogen-bond donors (Lipinski definition) is 0. The Hall–Kier alpha value is -3.44. The molecule has 1 aliphatic rings. The van der Waals surface area contributed by atoms with E-state index >= 15 is 0 Å². The van der Waals surface area contributed by atoms with Crippen LogP contribution in [0.5, 0.6) is 0 Å². The largest absolute Gasteiger partial charge is 0.355 e. The predicted octanol–water partition coefficient (Wildman–Crippen LogP) is 4.45. The van der Waals surface area contributed by atoms with Crippen molar-refractivity contribution in [1.82, 2.24) is 15.0 Å². The van der Waals surface area contributed by atoms with Gasteiger partial charge < -0.3 is 9.42 Å². The van der Waals surface area contributed by atoms with E-state index in [2.05, 4.69) is 34.3 Å². The summed E-state index contributed by atoms with van der Waals surface area (Å²) < 4.78 is 5.57. The summed E-state index contributed by atoms with van der Waals surface area (Å²) >= 11 is 0. The zero-order valence-corrected chi connectivity index (χ0v) is 16.7. The zero-order chi connectivity index (χ0) is 20.3. The number of nitrogens with zero attached hydrogens (tertiary/aromatic N) is 3. The van der Waals surface area contributed by atoms with Crippen LogP contribution in [0.1, 0.15) is 15.9 Å². The van der Waals surface area contributed by atoms with E-state index in [1.165, 1.54) is 5.56 Å². The van der Waals surface area contributed by atoms with E-state index in [0.29, 0.717) is 11.3 Å². The predicted molar refractivity (Wildman–Crippen MR) is 117 cm³/mol. The first-order valence-corrected chi connectivity index (χ1v) is 10.3. The molecular formula is C25H23N3O2. The molecule has 0 spiro atoms. The summed E-state index contributed by atoms with van der Waals surface area (Å²) in [6.45, 7) is 4.16. The molecule has 0 atom stereocenters. The van der Waals surface area contributed by atoms with Gasteiger partial charge in [0.05, 0.1) is 5.39 Å². The number of fused-ring (bicyclic) bond motifs is 1. The lowest BCUT2D eigenvalue weighted by Gasteiger charge is -2.34. The van der Waals surface area contributed by atoms with Gasteiger partial charge in [-0.15, -0.1) is 0 Å². The van der Waals surface area contributed by atoms with Gasteiger partial charge in [-0.1, -0.05) is 65.8 Å². The fraction of sp³-hybridized carbons (Fsp3) is 0.200. The van der Waals surface area contributed by atoms with E-state index in [1.807, 2.05) is 59.5 Å². The normalized spacial score (nSPS) is 14.9. The highest BCUT2D eigenvalue weighted by molar-refractivity contribution is 6.01. The minimum atomic E-state index is 0.0662. The van der Waals surface area contributed by atoms with Crippen molar-refractivity contribution in [2.45, 2.75) is 6.54 Å². The van der Waals surface area contributed by atoms with Crippen LogP contribution in [0.4, 0.5) is 0 Å². The second kappa shape index (κ2) is 8.13. The van der Waals surface area contributed by atoms with Crippen LogP contribution in [0.15, 0.2) is 83.4 Å². The second-order valence-corrected chi connectivity index (χ2v) is 7.66. The molecule has 0 unspecified atom stereocenters. The molecule has 4 aromatic rings. The maximum absolute atomic E-state index is 13.1. The zero-order valence-electron chi connectivity index (χ0n) is 16.7. The van der Waals surface area contributed by atoms with E-state index in [9.17, 15) is 4.79 Å². The van der Waals surface area contributed by atoms with Gasteiger partial charge in [0.2, 0.25) is 0 Å². The smallest absolute Gasteiger partial charge is 0.253 e. The van der Waals surface area contributed by atoms with Crippen LogP contribution in [0.2, 0.25) is 0 Å². The first-order valence-electron chi connectivity index (χ1n) is 10.3. The molecule has 5 nitrogen and oxygen atoms in total. The molecule has 0 bridgehead atoms. The third kappa shape index (κ3) is 3.72. The summed E-state index contributed by atoms with van der Waals surface area (Å²) in [5, 5.41) is 5.02. The molecule has 1 amide bonds. The average Bonchev–Trinajstić information content (AvgIpc) is 3.24. The van der Waals surface area contributed by atoms with Crippen molar-refractivity contribution in [2.75, 3.05) is 26.2 Å². The number of hydrogen-bond acceptors (Lipinski definition) is 4. The molecule has 5 heteroatoms. The van der Waals surface area contributed by atoms with Gasteiger partial charge in [-0.25, -0.2) is 0 Å². The van der Waals surface area contributed by atoms with Gasteiger partial charge in [0.25, 0.3) is 5.91 Å². The van der Waals surface area contributed by atoms with E-state index < -0.39 is 0 Å². The SMILES string of the molecule is O=C(c1ccc2noc(-c3ccccc3)c2c1)N1CCN(Cc2ccccc2)CC1. The molecule has 1 saturated heterocycles. The Balaban J connectivity index is 1.31. The number of carbonyl (C=O) groups is 1. The Kier molecular flexibility index (Phi) is 5.03. The fourth-order valence-corrected chi connectivity index (χ4v) is 4.01. The van der Waals surface area contributed by atoms with Gasteiger partial charge in [-0.05, 0) is 23.8 Å². The molecule has 1 aromatic heterocycles. The lowest BCUT2D eigenvalue weighted by molar-refractivity contribution is 0.0628. The van der Waals surface area contributed by atoms with E-state index in [0.717, 1.165) is 49.2 Å². The number of piperazine rings is 1. The van der Waals surface area contributed by atoms with Gasteiger partial charge in [0.15, 0.2) is 5.76 Å². The fourth-order valence-electron chi connectivity index (χ4n) is 4.01. The quantitative estimate of drug-likeness (QED) is 0.510. The average molecular weight is 397 g/mol. The van der Waals surface area contributed by atoms with Crippen molar-refractivity contribution in [2.24, 2.45) is 0 Å². The topological polar surface area (TPSA) is 49.6 Å². The molecule has 0 radical (unpaired) electrons. The maximum Gasteiger partial charge on any atom is 0.253 e. The molecule has 30 heavy (non-hydrogen) atoms. The van der Waals surface area contributed by atoms with Crippen molar-refractivity contribution in [1.29, 1.82) is 0 Å². The highest BCUT2D eigenvalue weighted by Gasteiger charge is 2.23. The molecule has 1 aliphatic heterocycles. The van der Waals surface area contributed by atoms with Crippen molar-refractivity contribution in [3.05, 3.63) is 90.0 Å². The summed E-state index contributed by atoms with van der Waals surface area (Å²) in [6, 6.07) is 26.0. The highest BCUT2D eigenvalue weighted by Crippen LogP contribution is 2.29. The van der Waals surface area contributed by atoms with Gasteiger partial charge in [0.1, 0.15) is 5.52 Å². The van der Waals surface area contributed by atoms with Crippen molar-refractivity contribution >= 4 is 16.8 Å². The summed E-state index contributed by atoms with van der Waals surface area (Å²) in [4.78, 5) is 17.5. The minimum Gasteiger partial charge on any atom is -0.355 e. The number of amides is 1. The highest BCUT2D eigenvalue weighted by atomic mass is 16.5. The first-order chi connectivity index (χ1) is 14.8. The lowest BCUT2D eigenvalue weighted by atomic mass is 10.1. The molecule has 5 rings (SSSR count). The van der Waals surface area contributed by atoms with Crippen LogP contribution >= 0.6 is 0 Å². The van der Waals surface area contributed by atoms with E-state index in [1.54, 1.807) is 0 Å². The van der Waals surface area contributed by atoms with Crippen molar-refractivity contribution in [3.63, 3.8) is 0 Å². The standard InChI is InChI=1S/C25H23N3O2/c29-25(28-15-13-27(14-16-28)18-19-7-3-1-4-8-19)21-11-12-23-22(17-21)24(30-26-23)20-9-5-2-6-10-20/h1-12,17H,13-16,18H2. The molecule has 150 valence electrons. The number of rotatable bonds is 4. The number of benzene rings is 3. The molecule has 0 N–H and O–H groups in total. The van der Waals surface area contributed by atoms with Gasteiger partial charge in [-0.2, -0.15) is 0 Å². The van der Waals surface area contributed by atoms with Gasteiger partial charge >= 0.3 is 0 Å². The summed E-state index contributed by atoms with van der Waals surface area (Å²) in [6.07, 6.45) is 0. The van der Waals surface area contributed by atoms with Gasteiger partial charge in [0, 0.05) is 43.9 Å². The molecule has 1 fully saturated rings. The van der Waals surface area contributed by atoms with Crippen LogP contribution in [-0.2, 0) is 6.54 Å². The number of carbonyl (C=O) groups excluding carboxylic acids is 1. The van der Waals surface area contributed by atoms with Crippen LogP contribution in [0, 0.1) is 0 Å². The van der Waals surface area contributed by atoms with Crippen LogP contribution in [0.3, 0.4) is 0 Å². The van der Waals surface area contributed by atoms with Gasteiger partial charge in [-0.3, -0.25) is 9.69 Å². The monoisotopic (exact) mass is 397 g/mol. The Labute approximate surface area is 175 Å². The summed E-state index contributed by atoms with van der Waals surface area (Å²) in [5.41, 5.74) is 3.71. The van der Waals surface area contributed by atoms with Crippen LogP contribution in [0.25, 0.3) is 22.2 Å². The van der Waals surface area contributed by atoms with E-state index in [4.69, 9.17) is 4.52 Å². The summed E-state index contributed by atoms with van der Waals surface area (Å²) in [7, 11) is 0. The van der Waals surface area contributed by atoms with Crippen molar-refractivity contribution < 1.29 is 9.32 Å². The molecule has 0 aliphatic carbocycles. The van der Waals surface area contributed by atoms with Crippen LogP contribution < -0.4 is 0 Å². The Morgan fingerprint density at radius 3 is 2.30 bits per heavy atom.